The Labute approximate surface area is 174 Å². The molecule has 1 aromatic carbocycles. The van der Waals surface area contributed by atoms with Crippen LogP contribution in [0.25, 0.3) is 0 Å². The lowest BCUT2D eigenvalue weighted by Crippen LogP contribution is -2.42. The molecule has 3 atom stereocenters. The number of hydrogen-bond donors (Lipinski definition) is 1. The van der Waals surface area contributed by atoms with E-state index >= 15 is 0 Å². The number of aromatic nitrogens is 2. The van der Waals surface area contributed by atoms with Crippen molar-refractivity contribution in [2.45, 2.75) is 58.9 Å². The van der Waals surface area contributed by atoms with E-state index < -0.39 is 11.5 Å². The van der Waals surface area contributed by atoms with Gasteiger partial charge in [-0.2, -0.15) is 0 Å². The van der Waals surface area contributed by atoms with E-state index in [9.17, 15) is 18.8 Å². The molecule has 0 saturated carbocycles. The lowest BCUT2D eigenvalue weighted by atomic mass is 10.0. The van der Waals surface area contributed by atoms with Crippen molar-refractivity contribution in [2.24, 2.45) is 5.92 Å². The second-order valence-corrected chi connectivity index (χ2v) is 7.83. The van der Waals surface area contributed by atoms with Crippen molar-refractivity contribution in [3.05, 3.63) is 68.2 Å². The summed E-state index contributed by atoms with van der Waals surface area (Å²) in [6.07, 6.45) is 3.31. The van der Waals surface area contributed by atoms with Gasteiger partial charge in [0.1, 0.15) is 12.0 Å². The van der Waals surface area contributed by atoms with E-state index in [1.807, 2.05) is 0 Å². The fraction of sp³-hybridized carbons (Fsp3) is 0.500. The van der Waals surface area contributed by atoms with E-state index in [0.29, 0.717) is 23.5 Å². The molecule has 1 aliphatic rings. The van der Waals surface area contributed by atoms with Gasteiger partial charge in [-0.3, -0.25) is 18.7 Å². The summed E-state index contributed by atoms with van der Waals surface area (Å²) in [7, 11) is 0. The lowest BCUT2D eigenvalue weighted by Gasteiger charge is -2.18. The molecule has 1 aromatic heterocycles. The molecule has 1 saturated heterocycles. The second kappa shape index (κ2) is 9.38. The fourth-order valence-corrected chi connectivity index (χ4v) is 3.84. The third-order valence-corrected chi connectivity index (χ3v) is 5.57. The number of nitrogens with one attached hydrogen (secondary N) is 1. The molecule has 3 rings (SSSR count). The van der Waals surface area contributed by atoms with Crippen LogP contribution in [0.2, 0.25) is 0 Å². The molecule has 0 radical (unpaired) electrons. The molecular weight excluding hydrogens is 389 g/mol. The Balaban J connectivity index is 1.66. The zero-order valence-electron chi connectivity index (χ0n) is 17.6. The summed E-state index contributed by atoms with van der Waals surface area (Å²) in [4.78, 5) is 37.5. The first-order valence-corrected chi connectivity index (χ1v) is 10.3. The zero-order valence-corrected chi connectivity index (χ0v) is 17.6. The highest BCUT2D eigenvalue weighted by Crippen LogP contribution is 2.33. The standard InChI is InChI=1S/C22H28FN3O4/c1-4-18-14(2)12-19(30-18)26-13-15(3)21(28)25(22(26)29)11-5-10-24-20(27)16-6-8-17(23)9-7-16/h6-9,13-14,18-19H,4-5,10-12H2,1-3H3,(H,24,27)/t14-,18+,19+/m0/s1. The molecule has 2 aromatic rings. The Morgan fingerprint density at radius 1 is 1.27 bits per heavy atom. The Morgan fingerprint density at radius 2 is 1.97 bits per heavy atom. The van der Waals surface area contributed by atoms with Crippen LogP contribution in [0, 0.1) is 18.7 Å². The zero-order chi connectivity index (χ0) is 21.8. The van der Waals surface area contributed by atoms with E-state index in [4.69, 9.17) is 4.74 Å². The maximum atomic E-state index is 13.0. The van der Waals surface area contributed by atoms with Crippen molar-refractivity contribution in [3.8, 4) is 0 Å². The highest BCUT2D eigenvalue weighted by molar-refractivity contribution is 5.94. The Bertz CT molecular complexity index is 1010. The number of aryl methyl sites for hydroxylation is 1. The van der Waals surface area contributed by atoms with E-state index in [1.54, 1.807) is 13.1 Å². The van der Waals surface area contributed by atoms with Crippen LogP contribution in [-0.2, 0) is 11.3 Å². The minimum absolute atomic E-state index is 0.101. The average molecular weight is 417 g/mol. The molecule has 1 fully saturated rings. The minimum atomic E-state index is -0.410. The molecule has 2 heterocycles. The van der Waals surface area contributed by atoms with Crippen molar-refractivity contribution in [2.75, 3.05) is 6.54 Å². The topological polar surface area (TPSA) is 82.3 Å². The van der Waals surface area contributed by atoms with Crippen molar-refractivity contribution >= 4 is 5.91 Å². The molecule has 8 heteroatoms. The smallest absolute Gasteiger partial charge is 0.333 e. The minimum Gasteiger partial charge on any atom is -0.354 e. The van der Waals surface area contributed by atoms with Crippen molar-refractivity contribution in [1.29, 1.82) is 0 Å². The van der Waals surface area contributed by atoms with Crippen LogP contribution in [0.15, 0.2) is 40.1 Å². The predicted molar refractivity (Wildman–Crippen MR) is 111 cm³/mol. The predicted octanol–water partition coefficient (Wildman–Crippen LogP) is 2.61. The number of carbonyl (C=O) groups excluding carboxylic acids is 1. The molecule has 1 aliphatic heterocycles. The molecule has 1 N–H and O–H groups in total. The van der Waals surface area contributed by atoms with Crippen LogP contribution < -0.4 is 16.6 Å². The lowest BCUT2D eigenvalue weighted by molar-refractivity contribution is -0.00845. The van der Waals surface area contributed by atoms with Gasteiger partial charge in [0.15, 0.2) is 0 Å². The van der Waals surface area contributed by atoms with Crippen molar-refractivity contribution in [3.63, 3.8) is 0 Å². The van der Waals surface area contributed by atoms with Crippen LogP contribution in [0.1, 0.15) is 55.3 Å². The molecule has 162 valence electrons. The largest absolute Gasteiger partial charge is 0.354 e. The van der Waals surface area contributed by atoms with E-state index in [2.05, 4.69) is 19.2 Å². The summed E-state index contributed by atoms with van der Waals surface area (Å²) < 4.78 is 21.7. The van der Waals surface area contributed by atoms with Crippen LogP contribution in [0.5, 0.6) is 0 Å². The summed E-state index contributed by atoms with van der Waals surface area (Å²) in [6.45, 7) is 6.30. The quantitative estimate of drug-likeness (QED) is 0.702. The fourth-order valence-electron chi connectivity index (χ4n) is 3.84. The normalized spacial score (nSPS) is 21.0. The molecular formula is C22H28FN3O4. The van der Waals surface area contributed by atoms with Gasteiger partial charge in [-0.15, -0.1) is 0 Å². The Kier molecular flexibility index (Phi) is 6.87. The highest BCUT2D eigenvalue weighted by Gasteiger charge is 2.33. The number of amides is 1. The van der Waals surface area contributed by atoms with Gasteiger partial charge >= 0.3 is 5.69 Å². The molecule has 30 heavy (non-hydrogen) atoms. The van der Waals surface area contributed by atoms with E-state index in [-0.39, 0.29) is 36.9 Å². The Hall–Kier alpha value is -2.74. The summed E-state index contributed by atoms with van der Waals surface area (Å²) in [5.41, 5.74) is 0.0919. The molecule has 0 aliphatic carbocycles. The number of nitrogens with zero attached hydrogens (tertiary/aromatic N) is 2. The highest BCUT2D eigenvalue weighted by atomic mass is 19.1. The monoisotopic (exact) mass is 417 g/mol. The Morgan fingerprint density at radius 3 is 2.60 bits per heavy atom. The molecule has 0 bridgehead atoms. The second-order valence-electron chi connectivity index (χ2n) is 7.83. The maximum Gasteiger partial charge on any atom is 0.333 e. The average Bonchev–Trinajstić information content (AvgIpc) is 3.10. The first-order valence-electron chi connectivity index (χ1n) is 10.3. The van der Waals surface area contributed by atoms with Crippen molar-refractivity contribution in [1.82, 2.24) is 14.5 Å². The van der Waals surface area contributed by atoms with Gasteiger partial charge in [-0.25, -0.2) is 9.18 Å². The van der Waals surface area contributed by atoms with Gasteiger partial charge in [-0.05, 0) is 56.4 Å². The van der Waals surface area contributed by atoms with Gasteiger partial charge in [0.05, 0.1) is 6.10 Å². The molecule has 7 nitrogen and oxygen atoms in total. The van der Waals surface area contributed by atoms with Crippen LogP contribution in [0.4, 0.5) is 4.39 Å². The number of halogens is 1. The van der Waals surface area contributed by atoms with Gasteiger partial charge in [-0.1, -0.05) is 13.8 Å². The van der Waals surface area contributed by atoms with Crippen molar-refractivity contribution < 1.29 is 13.9 Å². The number of ether oxygens (including phenoxy) is 1. The SMILES string of the molecule is CC[C@H]1O[C@@H](n2cc(C)c(=O)n(CCCNC(=O)c3ccc(F)cc3)c2=O)C[C@@H]1C. The summed E-state index contributed by atoms with van der Waals surface area (Å²) in [6, 6.07) is 5.25. The van der Waals surface area contributed by atoms with Crippen LogP contribution in [0.3, 0.4) is 0 Å². The number of carbonyl (C=O) groups is 1. The summed E-state index contributed by atoms with van der Waals surface area (Å²) in [5, 5.41) is 2.72. The van der Waals surface area contributed by atoms with E-state index in [1.165, 1.54) is 33.4 Å². The molecule has 0 spiro atoms. The number of hydrogen-bond acceptors (Lipinski definition) is 4. The van der Waals surface area contributed by atoms with Gasteiger partial charge in [0.25, 0.3) is 11.5 Å². The van der Waals surface area contributed by atoms with Gasteiger partial charge in [0, 0.05) is 30.4 Å². The number of benzene rings is 1. The van der Waals surface area contributed by atoms with Crippen LogP contribution >= 0.6 is 0 Å². The number of rotatable bonds is 7. The van der Waals surface area contributed by atoms with E-state index in [0.717, 1.165) is 12.8 Å². The summed E-state index contributed by atoms with van der Waals surface area (Å²) in [5.74, 6) is -0.398. The molecule has 1 amide bonds. The van der Waals surface area contributed by atoms with Gasteiger partial charge in [0.2, 0.25) is 0 Å². The third kappa shape index (κ3) is 4.70. The first-order chi connectivity index (χ1) is 14.3. The van der Waals surface area contributed by atoms with Crippen LogP contribution in [-0.4, -0.2) is 27.7 Å². The molecule has 0 unspecified atom stereocenters. The summed E-state index contributed by atoms with van der Waals surface area (Å²) >= 11 is 0. The maximum absolute atomic E-state index is 13.0. The van der Waals surface area contributed by atoms with Gasteiger partial charge < -0.3 is 10.1 Å². The first kappa shape index (κ1) is 22.0. The third-order valence-electron chi connectivity index (χ3n) is 5.57.